The Kier molecular flexibility index (Phi) is 5.94. The zero-order valence-corrected chi connectivity index (χ0v) is 13.9. The van der Waals surface area contributed by atoms with E-state index in [-0.39, 0.29) is 11.3 Å². The van der Waals surface area contributed by atoms with Gasteiger partial charge in [0, 0.05) is 18.3 Å². The molecule has 0 saturated carbocycles. The molecule has 1 amide bonds. The topological polar surface area (TPSA) is 76.1 Å². The van der Waals surface area contributed by atoms with E-state index in [1.165, 1.54) is 54.5 Å². The minimum Gasteiger partial charge on any atom is -0.507 e. The molecule has 2 aromatic carbocycles. The van der Waals surface area contributed by atoms with Gasteiger partial charge in [-0.2, -0.15) is 0 Å². The third kappa shape index (κ3) is 4.47. The van der Waals surface area contributed by atoms with Crippen LogP contribution in [0.4, 0.5) is 10.1 Å². The third-order valence-electron chi connectivity index (χ3n) is 3.51. The molecule has 25 heavy (non-hydrogen) atoms. The van der Waals surface area contributed by atoms with Crippen LogP contribution in [0.15, 0.2) is 42.5 Å². The summed E-state index contributed by atoms with van der Waals surface area (Å²) in [5.74, 6) is -1.62. The second-order valence-corrected chi connectivity index (χ2v) is 5.07. The minimum atomic E-state index is -0.830. The highest BCUT2D eigenvalue weighted by Crippen LogP contribution is 2.24. The van der Waals surface area contributed by atoms with Crippen LogP contribution in [0.2, 0.25) is 0 Å². The molecule has 6 nitrogen and oxygen atoms in total. The predicted octanol–water partition coefficient (Wildman–Crippen LogP) is 2.75. The monoisotopic (exact) mass is 347 g/mol. The number of rotatable bonds is 6. The molecule has 0 atom stereocenters. The van der Waals surface area contributed by atoms with E-state index in [1.54, 1.807) is 6.92 Å². The zero-order valence-electron chi connectivity index (χ0n) is 13.9. The molecule has 0 unspecified atom stereocenters. The van der Waals surface area contributed by atoms with E-state index in [4.69, 9.17) is 9.47 Å². The molecule has 0 aliphatic heterocycles. The SMILES string of the molecule is CCN(C(=O)COC(=O)c1ccc(OC)cc1O)c1ccc(F)cc1. The number of benzene rings is 2. The molecule has 0 saturated heterocycles. The number of ether oxygens (including phenoxy) is 2. The van der Waals surface area contributed by atoms with Crippen molar-refractivity contribution in [1.29, 1.82) is 0 Å². The first kappa shape index (κ1) is 18.3. The van der Waals surface area contributed by atoms with Gasteiger partial charge in [-0.25, -0.2) is 9.18 Å². The van der Waals surface area contributed by atoms with Gasteiger partial charge in [-0.15, -0.1) is 0 Å². The summed E-state index contributed by atoms with van der Waals surface area (Å²) in [5.41, 5.74) is 0.427. The molecule has 0 bridgehead atoms. The average Bonchev–Trinajstić information content (AvgIpc) is 2.61. The van der Waals surface area contributed by atoms with E-state index in [1.807, 2.05) is 0 Å². The molecule has 0 aromatic heterocycles. The fourth-order valence-corrected chi connectivity index (χ4v) is 2.22. The number of halogens is 1. The lowest BCUT2D eigenvalue weighted by Crippen LogP contribution is -2.34. The molecule has 7 heteroatoms. The number of anilines is 1. The lowest BCUT2D eigenvalue weighted by molar-refractivity contribution is -0.121. The van der Waals surface area contributed by atoms with Gasteiger partial charge in [-0.3, -0.25) is 4.79 Å². The smallest absolute Gasteiger partial charge is 0.342 e. The minimum absolute atomic E-state index is 0.0709. The molecule has 0 heterocycles. The van der Waals surface area contributed by atoms with Gasteiger partial charge >= 0.3 is 5.97 Å². The lowest BCUT2D eigenvalue weighted by atomic mass is 10.2. The van der Waals surface area contributed by atoms with E-state index < -0.39 is 24.3 Å². The first-order valence-corrected chi connectivity index (χ1v) is 7.56. The molecular formula is C18H18FNO5. The van der Waals surface area contributed by atoms with Crippen molar-refractivity contribution in [2.75, 3.05) is 25.2 Å². The Bertz CT molecular complexity index is 761. The number of hydrogen-bond donors (Lipinski definition) is 1. The lowest BCUT2D eigenvalue weighted by Gasteiger charge is -2.20. The van der Waals surface area contributed by atoms with Crippen LogP contribution in [-0.2, 0) is 9.53 Å². The number of esters is 1. The molecular weight excluding hydrogens is 329 g/mol. The molecule has 1 N–H and O–H groups in total. The van der Waals surface area contributed by atoms with Crippen molar-refractivity contribution in [3.63, 3.8) is 0 Å². The summed E-state index contributed by atoms with van der Waals surface area (Å²) in [6.45, 7) is 1.57. The average molecular weight is 347 g/mol. The normalized spacial score (nSPS) is 10.2. The Morgan fingerprint density at radius 3 is 2.40 bits per heavy atom. The first-order valence-electron chi connectivity index (χ1n) is 7.56. The molecule has 2 rings (SSSR count). The standard InChI is InChI=1S/C18H18FNO5/c1-3-20(13-6-4-12(19)5-7-13)17(22)11-25-18(23)15-9-8-14(24-2)10-16(15)21/h4-10,21H,3,11H2,1-2H3. The van der Waals surface area contributed by atoms with Crippen LogP contribution in [0.3, 0.4) is 0 Å². The Hall–Kier alpha value is -3.09. The van der Waals surface area contributed by atoms with E-state index >= 15 is 0 Å². The van der Waals surface area contributed by atoms with Crippen molar-refractivity contribution < 1.29 is 28.6 Å². The van der Waals surface area contributed by atoms with Crippen molar-refractivity contribution in [3.8, 4) is 11.5 Å². The summed E-state index contributed by atoms with van der Waals surface area (Å²) in [7, 11) is 1.43. The Morgan fingerprint density at radius 2 is 1.84 bits per heavy atom. The van der Waals surface area contributed by atoms with Crippen LogP contribution >= 0.6 is 0 Å². The zero-order chi connectivity index (χ0) is 18.4. The highest BCUT2D eigenvalue weighted by atomic mass is 19.1. The number of amides is 1. The van der Waals surface area contributed by atoms with E-state index in [2.05, 4.69) is 0 Å². The van der Waals surface area contributed by atoms with Gasteiger partial charge in [0.15, 0.2) is 6.61 Å². The second-order valence-electron chi connectivity index (χ2n) is 5.07. The number of likely N-dealkylation sites (N-methyl/N-ethyl adjacent to an activating group) is 1. The van der Waals surface area contributed by atoms with Gasteiger partial charge < -0.3 is 19.5 Å². The molecule has 2 aromatic rings. The maximum Gasteiger partial charge on any atom is 0.342 e. The maximum atomic E-state index is 13.0. The quantitative estimate of drug-likeness (QED) is 0.813. The summed E-state index contributed by atoms with van der Waals surface area (Å²) >= 11 is 0. The maximum absolute atomic E-state index is 13.0. The number of nitrogens with zero attached hydrogens (tertiary/aromatic N) is 1. The van der Waals surface area contributed by atoms with E-state index in [0.717, 1.165) is 0 Å². The highest BCUT2D eigenvalue weighted by molar-refractivity contribution is 5.98. The van der Waals surface area contributed by atoms with E-state index in [9.17, 15) is 19.1 Å². The molecule has 0 aliphatic rings. The summed E-state index contributed by atoms with van der Waals surface area (Å²) in [6.07, 6.45) is 0. The largest absolute Gasteiger partial charge is 0.507 e. The van der Waals surface area contributed by atoms with Crippen LogP contribution in [0.25, 0.3) is 0 Å². The van der Waals surface area contributed by atoms with Crippen molar-refractivity contribution >= 4 is 17.6 Å². The number of phenols is 1. The van der Waals surface area contributed by atoms with Crippen molar-refractivity contribution in [1.82, 2.24) is 0 Å². The number of aromatic hydroxyl groups is 1. The number of hydrogen-bond acceptors (Lipinski definition) is 5. The highest BCUT2D eigenvalue weighted by Gasteiger charge is 2.19. The number of phenolic OH excluding ortho intramolecular Hbond substituents is 1. The predicted molar refractivity (Wildman–Crippen MR) is 89.4 cm³/mol. The number of methoxy groups -OCH3 is 1. The fraction of sp³-hybridized carbons (Fsp3) is 0.222. The van der Waals surface area contributed by atoms with E-state index in [0.29, 0.717) is 18.0 Å². The molecule has 0 fully saturated rings. The molecule has 0 aliphatic carbocycles. The second kappa shape index (κ2) is 8.14. The van der Waals surface area contributed by atoms with Crippen LogP contribution < -0.4 is 9.64 Å². The van der Waals surface area contributed by atoms with Crippen molar-refractivity contribution in [2.45, 2.75) is 6.92 Å². The number of carbonyl (C=O) groups excluding carboxylic acids is 2. The van der Waals surface area contributed by atoms with Crippen LogP contribution in [0.5, 0.6) is 11.5 Å². The molecule has 0 spiro atoms. The van der Waals surface area contributed by atoms with Gasteiger partial charge in [0.05, 0.1) is 7.11 Å². The van der Waals surface area contributed by atoms with Gasteiger partial charge in [-0.1, -0.05) is 0 Å². The summed E-state index contributed by atoms with van der Waals surface area (Å²) in [4.78, 5) is 25.6. The Morgan fingerprint density at radius 1 is 1.16 bits per heavy atom. The van der Waals surface area contributed by atoms with Gasteiger partial charge in [-0.05, 0) is 43.3 Å². The van der Waals surface area contributed by atoms with Crippen molar-refractivity contribution in [2.24, 2.45) is 0 Å². The van der Waals surface area contributed by atoms with Gasteiger partial charge in [0.25, 0.3) is 5.91 Å². The fourth-order valence-electron chi connectivity index (χ4n) is 2.22. The Labute approximate surface area is 144 Å². The Balaban J connectivity index is 2.02. The van der Waals surface area contributed by atoms with Gasteiger partial charge in [0.2, 0.25) is 0 Å². The van der Waals surface area contributed by atoms with Gasteiger partial charge in [0.1, 0.15) is 22.9 Å². The van der Waals surface area contributed by atoms with Crippen LogP contribution in [0.1, 0.15) is 17.3 Å². The summed E-state index contributed by atoms with van der Waals surface area (Å²) in [5, 5.41) is 9.81. The first-order chi connectivity index (χ1) is 12.0. The molecule has 0 radical (unpaired) electrons. The number of carbonyl (C=O) groups is 2. The molecule has 132 valence electrons. The summed E-state index contributed by atoms with van der Waals surface area (Å²) in [6, 6.07) is 9.53. The third-order valence-corrected chi connectivity index (χ3v) is 3.51. The van der Waals surface area contributed by atoms with Crippen LogP contribution in [-0.4, -0.2) is 37.2 Å². The summed E-state index contributed by atoms with van der Waals surface area (Å²) < 4.78 is 22.9. The van der Waals surface area contributed by atoms with Crippen LogP contribution in [0, 0.1) is 5.82 Å². The van der Waals surface area contributed by atoms with Crippen molar-refractivity contribution in [3.05, 3.63) is 53.8 Å².